The van der Waals surface area contributed by atoms with Crippen molar-refractivity contribution in [3.05, 3.63) is 34.8 Å². The van der Waals surface area contributed by atoms with Crippen molar-refractivity contribution in [1.82, 2.24) is 4.98 Å². The topological polar surface area (TPSA) is 51.7 Å². The molecule has 19 heavy (non-hydrogen) atoms. The second-order valence-corrected chi connectivity index (χ2v) is 5.04. The number of hydrogen-bond acceptors (Lipinski definition) is 5. The minimum atomic E-state index is -0.118. The molecule has 1 aromatic carbocycles. The lowest BCUT2D eigenvalue weighted by atomic mass is 10.2. The zero-order valence-corrected chi connectivity index (χ0v) is 11.4. The molecule has 1 aliphatic heterocycles. The van der Waals surface area contributed by atoms with Crippen molar-refractivity contribution in [3.8, 4) is 11.5 Å². The first-order valence-electron chi connectivity index (χ1n) is 5.75. The molecular formula is C13H12N2O3S. The molecule has 5 nitrogen and oxygen atoms in total. The summed E-state index contributed by atoms with van der Waals surface area (Å²) in [4.78, 5) is 18.2. The van der Waals surface area contributed by atoms with Gasteiger partial charge in [-0.3, -0.25) is 9.69 Å². The van der Waals surface area contributed by atoms with Gasteiger partial charge in [-0.25, -0.2) is 4.98 Å². The quantitative estimate of drug-likeness (QED) is 0.845. The summed E-state index contributed by atoms with van der Waals surface area (Å²) in [6.45, 7) is 2.10. The number of rotatable bonds is 2. The standard InChI is InChI=1S/C13H12N2O3S/c1-8-6-19-13(14-8)15(2)12(16)9-3-4-10-11(5-9)18-7-17-10/h3-6H,7H2,1-2H3. The van der Waals surface area contributed by atoms with E-state index in [1.54, 1.807) is 25.2 Å². The summed E-state index contributed by atoms with van der Waals surface area (Å²) in [5.41, 5.74) is 1.46. The van der Waals surface area contributed by atoms with E-state index < -0.39 is 0 Å². The Balaban J connectivity index is 1.87. The lowest BCUT2D eigenvalue weighted by molar-refractivity contribution is 0.0992. The summed E-state index contributed by atoms with van der Waals surface area (Å²) in [6, 6.07) is 5.17. The van der Waals surface area contributed by atoms with E-state index in [1.807, 2.05) is 12.3 Å². The van der Waals surface area contributed by atoms with Gasteiger partial charge in [0, 0.05) is 18.0 Å². The molecule has 0 saturated carbocycles. The van der Waals surface area contributed by atoms with Gasteiger partial charge in [0.25, 0.3) is 5.91 Å². The lowest BCUT2D eigenvalue weighted by Gasteiger charge is -2.13. The van der Waals surface area contributed by atoms with Crippen molar-refractivity contribution in [2.75, 3.05) is 18.7 Å². The molecule has 0 unspecified atom stereocenters. The molecule has 0 saturated heterocycles. The van der Waals surface area contributed by atoms with Crippen LogP contribution < -0.4 is 14.4 Å². The van der Waals surface area contributed by atoms with E-state index in [-0.39, 0.29) is 12.7 Å². The van der Waals surface area contributed by atoms with E-state index in [2.05, 4.69) is 4.98 Å². The van der Waals surface area contributed by atoms with Gasteiger partial charge in [-0.15, -0.1) is 11.3 Å². The van der Waals surface area contributed by atoms with E-state index in [4.69, 9.17) is 9.47 Å². The second kappa shape index (κ2) is 4.55. The summed E-state index contributed by atoms with van der Waals surface area (Å²) in [6.07, 6.45) is 0. The van der Waals surface area contributed by atoms with Crippen LogP contribution in [0.25, 0.3) is 0 Å². The Hall–Kier alpha value is -2.08. The van der Waals surface area contributed by atoms with Crippen LogP contribution in [-0.4, -0.2) is 24.7 Å². The van der Waals surface area contributed by atoms with Gasteiger partial charge in [0.2, 0.25) is 6.79 Å². The molecule has 6 heteroatoms. The van der Waals surface area contributed by atoms with Crippen LogP contribution in [0.2, 0.25) is 0 Å². The van der Waals surface area contributed by atoms with Gasteiger partial charge in [-0.2, -0.15) is 0 Å². The van der Waals surface area contributed by atoms with Crippen LogP contribution in [0.4, 0.5) is 5.13 Å². The van der Waals surface area contributed by atoms with Crippen LogP contribution >= 0.6 is 11.3 Å². The number of aromatic nitrogens is 1. The van der Waals surface area contributed by atoms with E-state index in [0.717, 1.165) is 5.69 Å². The average Bonchev–Trinajstić information content (AvgIpc) is 3.04. The molecule has 0 radical (unpaired) electrons. The molecule has 2 heterocycles. The van der Waals surface area contributed by atoms with Gasteiger partial charge in [0.1, 0.15) is 0 Å². The minimum Gasteiger partial charge on any atom is -0.454 e. The molecule has 0 bridgehead atoms. The lowest BCUT2D eigenvalue weighted by Crippen LogP contribution is -2.26. The van der Waals surface area contributed by atoms with Gasteiger partial charge >= 0.3 is 0 Å². The maximum atomic E-state index is 12.4. The predicted octanol–water partition coefficient (Wildman–Crippen LogP) is 2.46. The maximum Gasteiger partial charge on any atom is 0.259 e. The maximum absolute atomic E-state index is 12.4. The summed E-state index contributed by atoms with van der Waals surface area (Å²) in [7, 11) is 1.71. The minimum absolute atomic E-state index is 0.118. The number of fused-ring (bicyclic) bond motifs is 1. The fourth-order valence-electron chi connectivity index (χ4n) is 1.81. The van der Waals surface area contributed by atoms with E-state index in [0.29, 0.717) is 22.2 Å². The van der Waals surface area contributed by atoms with Gasteiger partial charge in [0.05, 0.1) is 5.69 Å². The fourth-order valence-corrected chi connectivity index (χ4v) is 2.57. The summed E-state index contributed by atoms with van der Waals surface area (Å²) >= 11 is 1.44. The monoisotopic (exact) mass is 276 g/mol. The molecule has 1 amide bonds. The van der Waals surface area contributed by atoms with Gasteiger partial charge in [-0.05, 0) is 25.1 Å². The van der Waals surface area contributed by atoms with Crippen LogP contribution in [0, 0.1) is 6.92 Å². The third kappa shape index (κ3) is 2.15. The molecule has 2 aromatic rings. The number of hydrogen-bond donors (Lipinski definition) is 0. The van der Waals surface area contributed by atoms with Crippen molar-refractivity contribution in [3.63, 3.8) is 0 Å². The Bertz CT molecular complexity index is 639. The van der Waals surface area contributed by atoms with Crippen molar-refractivity contribution in [2.45, 2.75) is 6.92 Å². The summed E-state index contributed by atoms with van der Waals surface area (Å²) in [5.74, 6) is 1.16. The largest absolute Gasteiger partial charge is 0.454 e. The molecule has 0 fully saturated rings. The number of carbonyl (C=O) groups excluding carboxylic acids is 1. The zero-order valence-electron chi connectivity index (χ0n) is 10.5. The smallest absolute Gasteiger partial charge is 0.259 e. The predicted molar refractivity (Wildman–Crippen MR) is 72.1 cm³/mol. The van der Waals surface area contributed by atoms with Crippen LogP contribution in [0.3, 0.4) is 0 Å². The first-order valence-corrected chi connectivity index (χ1v) is 6.63. The number of aryl methyl sites for hydroxylation is 1. The highest BCUT2D eigenvalue weighted by Crippen LogP contribution is 2.33. The van der Waals surface area contributed by atoms with Crippen LogP contribution in [0.1, 0.15) is 16.1 Å². The molecule has 3 rings (SSSR count). The Morgan fingerprint density at radius 3 is 2.89 bits per heavy atom. The van der Waals surface area contributed by atoms with E-state index >= 15 is 0 Å². The molecule has 0 spiro atoms. The second-order valence-electron chi connectivity index (χ2n) is 4.20. The number of nitrogens with zero attached hydrogens (tertiary/aromatic N) is 2. The first-order chi connectivity index (χ1) is 9.15. The summed E-state index contributed by atoms with van der Waals surface area (Å²) in [5, 5.41) is 2.60. The molecule has 0 atom stereocenters. The molecule has 98 valence electrons. The van der Waals surface area contributed by atoms with Gasteiger partial charge < -0.3 is 9.47 Å². The van der Waals surface area contributed by atoms with Crippen molar-refractivity contribution < 1.29 is 14.3 Å². The number of anilines is 1. The first kappa shape index (κ1) is 12.0. The van der Waals surface area contributed by atoms with E-state index in [9.17, 15) is 4.79 Å². The Kier molecular flexibility index (Phi) is 2.87. The highest BCUT2D eigenvalue weighted by atomic mass is 32.1. The van der Waals surface area contributed by atoms with E-state index in [1.165, 1.54) is 16.2 Å². The van der Waals surface area contributed by atoms with Crippen LogP contribution in [0.15, 0.2) is 23.6 Å². The third-order valence-electron chi connectivity index (χ3n) is 2.82. The summed E-state index contributed by atoms with van der Waals surface area (Å²) < 4.78 is 10.5. The Morgan fingerprint density at radius 1 is 1.37 bits per heavy atom. The number of carbonyl (C=O) groups is 1. The average molecular weight is 276 g/mol. The van der Waals surface area contributed by atoms with Gasteiger partial charge in [-0.1, -0.05) is 0 Å². The third-order valence-corrected chi connectivity index (χ3v) is 3.85. The molecular weight excluding hydrogens is 264 g/mol. The zero-order chi connectivity index (χ0) is 13.4. The highest BCUT2D eigenvalue weighted by molar-refractivity contribution is 7.14. The van der Waals surface area contributed by atoms with Crippen LogP contribution in [0.5, 0.6) is 11.5 Å². The SMILES string of the molecule is Cc1csc(N(C)C(=O)c2ccc3c(c2)OCO3)n1. The fraction of sp³-hybridized carbons (Fsp3) is 0.231. The van der Waals surface area contributed by atoms with Crippen molar-refractivity contribution in [2.24, 2.45) is 0 Å². The number of thiazole rings is 1. The van der Waals surface area contributed by atoms with Crippen molar-refractivity contribution >= 4 is 22.4 Å². The molecule has 0 aliphatic carbocycles. The highest BCUT2D eigenvalue weighted by Gasteiger charge is 2.20. The van der Waals surface area contributed by atoms with Gasteiger partial charge in [0.15, 0.2) is 16.6 Å². The normalized spacial score (nSPS) is 12.5. The molecule has 0 N–H and O–H groups in total. The number of amides is 1. The molecule has 1 aromatic heterocycles. The molecule has 1 aliphatic rings. The Labute approximate surface area is 114 Å². The number of ether oxygens (including phenoxy) is 2. The Morgan fingerprint density at radius 2 is 2.16 bits per heavy atom. The number of benzene rings is 1. The van der Waals surface area contributed by atoms with Crippen LogP contribution in [-0.2, 0) is 0 Å². The van der Waals surface area contributed by atoms with Crippen molar-refractivity contribution in [1.29, 1.82) is 0 Å².